The number of nitriles is 2. The Morgan fingerprint density at radius 3 is 2.60 bits per heavy atom. The number of nitrogens with one attached hydrogen (secondary N) is 1. The highest BCUT2D eigenvalue weighted by Gasteiger charge is 2.25. The van der Waals surface area contributed by atoms with Crippen molar-refractivity contribution in [3.05, 3.63) is 58.3 Å². The van der Waals surface area contributed by atoms with E-state index in [-0.39, 0.29) is 22.9 Å². The molecule has 0 bridgehead atoms. The zero-order chi connectivity index (χ0) is 24.9. The van der Waals surface area contributed by atoms with Crippen molar-refractivity contribution in [2.75, 3.05) is 18.2 Å². The van der Waals surface area contributed by atoms with E-state index < -0.39 is 5.25 Å². The van der Waals surface area contributed by atoms with Gasteiger partial charge in [0.25, 0.3) is 0 Å². The minimum atomic E-state index is -0.614. The Balaban J connectivity index is 1.57. The molecule has 1 unspecified atom stereocenters. The number of hydrogen-bond acceptors (Lipinski definition) is 10. The molecule has 0 aliphatic carbocycles. The van der Waals surface area contributed by atoms with Crippen molar-refractivity contribution >= 4 is 51.3 Å². The smallest absolute Gasteiger partial charge is 0.239 e. The molecule has 11 heteroatoms. The molecule has 174 valence electrons. The summed E-state index contributed by atoms with van der Waals surface area (Å²) in [5.41, 5.74) is 8.37. The average Bonchev–Trinajstić information content (AvgIpc) is 3.56. The summed E-state index contributed by atoms with van der Waals surface area (Å²) in [4.78, 5) is 22.4. The fourth-order valence-corrected chi connectivity index (χ4v) is 5.70. The van der Waals surface area contributed by atoms with Crippen LogP contribution in [-0.2, 0) is 4.79 Å². The Labute approximate surface area is 214 Å². The van der Waals surface area contributed by atoms with Gasteiger partial charge in [0.1, 0.15) is 34.3 Å². The molecule has 4 rings (SSSR count). The zero-order valence-corrected chi connectivity index (χ0v) is 21.1. The minimum absolute atomic E-state index is 0.0198. The van der Waals surface area contributed by atoms with Crippen LogP contribution in [0.3, 0.4) is 0 Å². The molecule has 0 spiro atoms. The highest BCUT2D eigenvalue weighted by atomic mass is 32.2. The van der Waals surface area contributed by atoms with Gasteiger partial charge in [-0.05, 0) is 30.5 Å². The fourth-order valence-electron chi connectivity index (χ4n) is 3.29. The Morgan fingerprint density at radius 2 is 1.91 bits per heavy atom. The largest absolute Gasteiger partial charge is 0.496 e. The molecule has 0 radical (unpaired) electrons. The number of hydrogen-bond donors (Lipinski definition) is 2. The average molecular weight is 519 g/mol. The Bertz CT molecular complexity index is 1470. The molecule has 3 aromatic heterocycles. The van der Waals surface area contributed by atoms with Crippen LogP contribution in [0.15, 0.2) is 52.2 Å². The van der Waals surface area contributed by atoms with Gasteiger partial charge in [0.2, 0.25) is 5.91 Å². The number of methoxy groups -OCH3 is 1. The molecule has 1 amide bonds. The molecule has 0 saturated carbocycles. The summed E-state index contributed by atoms with van der Waals surface area (Å²) in [5.74, 6) is 0.406. The number of carbonyl (C=O) groups excluding carboxylic acids is 1. The molecule has 1 aromatic carbocycles. The van der Waals surface area contributed by atoms with Crippen LogP contribution in [0, 0.1) is 22.7 Å². The molecule has 1 atom stereocenters. The van der Waals surface area contributed by atoms with Gasteiger partial charge >= 0.3 is 0 Å². The third-order valence-corrected chi connectivity index (χ3v) is 7.69. The monoisotopic (exact) mass is 518 g/mol. The minimum Gasteiger partial charge on any atom is -0.496 e. The number of thiazole rings is 1. The lowest BCUT2D eigenvalue weighted by Gasteiger charge is -2.14. The van der Waals surface area contributed by atoms with Gasteiger partial charge in [-0.15, -0.1) is 22.7 Å². The van der Waals surface area contributed by atoms with Crippen LogP contribution in [-0.4, -0.2) is 28.2 Å². The van der Waals surface area contributed by atoms with Gasteiger partial charge in [0.15, 0.2) is 5.13 Å². The number of carbonyl (C=O) groups is 1. The second-order valence-corrected chi connectivity index (χ2v) is 10.3. The predicted octanol–water partition coefficient (Wildman–Crippen LogP) is 5.39. The number of nitrogens with two attached hydrogens (primary N) is 1. The van der Waals surface area contributed by atoms with Crippen molar-refractivity contribution in [3.8, 4) is 39.6 Å². The first kappa shape index (κ1) is 24.2. The van der Waals surface area contributed by atoms with Crippen LogP contribution in [0.2, 0.25) is 0 Å². The number of anilines is 2. The molecule has 4 aromatic rings. The van der Waals surface area contributed by atoms with Gasteiger partial charge in [-0.3, -0.25) is 4.79 Å². The van der Waals surface area contributed by atoms with Gasteiger partial charge in [-0.25, -0.2) is 9.97 Å². The number of nitrogen functional groups attached to an aromatic ring is 1. The summed E-state index contributed by atoms with van der Waals surface area (Å²) in [5, 5.41) is 26.1. The van der Waals surface area contributed by atoms with E-state index in [0.717, 1.165) is 22.2 Å². The van der Waals surface area contributed by atoms with Crippen LogP contribution in [0.4, 0.5) is 10.9 Å². The summed E-state index contributed by atoms with van der Waals surface area (Å²) in [6, 6.07) is 15.3. The van der Waals surface area contributed by atoms with Crippen molar-refractivity contribution < 1.29 is 9.53 Å². The lowest BCUT2D eigenvalue weighted by molar-refractivity contribution is -0.115. The molecule has 3 N–H and O–H groups in total. The van der Waals surface area contributed by atoms with Crippen LogP contribution in [0.25, 0.3) is 21.7 Å². The fraction of sp³-hybridized carbons (Fsp3) is 0.125. The van der Waals surface area contributed by atoms with Crippen molar-refractivity contribution in [2.24, 2.45) is 0 Å². The molecule has 35 heavy (non-hydrogen) atoms. The second-order valence-electron chi connectivity index (χ2n) is 7.12. The number of amides is 1. The lowest BCUT2D eigenvalue weighted by Crippen LogP contribution is -2.22. The zero-order valence-electron chi connectivity index (χ0n) is 18.6. The van der Waals surface area contributed by atoms with E-state index >= 15 is 0 Å². The second kappa shape index (κ2) is 10.6. The number of para-hydroxylation sites is 1. The molecule has 3 heterocycles. The maximum absolute atomic E-state index is 12.9. The maximum atomic E-state index is 12.9. The standard InChI is InChI=1S/C24H18N6O2S3/c1-13(22(31)30-24-28-17(12-34-24)14-6-3-4-7-18(14)32-2)35-23-16(11-26)20(19-8-5-9-33-19)15(10-25)21(27)29-23/h3-9,12-13H,1-2H3,(H2,27,29)(H,28,30,31). The van der Waals surface area contributed by atoms with Gasteiger partial charge in [0.05, 0.1) is 23.6 Å². The maximum Gasteiger partial charge on any atom is 0.239 e. The number of aromatic nitrogens is 2. The Morgan fingerprint density at radius 1 is 1.14 bits per heavy atom. The predicted molar refractivity (Wildman–Crippen MR) is 139 cm³/mol. The topological polar surface area (TPSA) is 138 Å². The number of ether oxygens (including phenoxy) is 1. The summed E-state index contributed by atoms with van der Waals surface area (Å²) >= 11 is 3.80. The normalized spacial score (nSPS) is 11.3. The van der Waals surface area contributed by atoms with Crippen LogP contribution in [0.5, 0.6) is 5.75 Å². The lowest BCUT2D eigenvalue weighted by atomic mass is 10.0. The van der Waals surface area contributed by atoms with Crippen molar-refractivity contribution in [3.63, 3.8) is 0 Å². The summed E-state index contributed by atoms with van der Waals surface area (Å²) < 4.78 is 5.39. The van der Waals surface area contributed by atoms with E-state index in [1.165, 1.54) is 22.7 Å². The van der Waals surface area contributed by atoms with Gasteiger partial charge in [-0.1, -0.05) is 30.0 Å². The summed E-state index contributed by atoms with van der Waals surface area (Å²) in [7, 11) is 1.59. The molecule has 0 aliphatic rings. The number of benzene rings is 1. The van der Waals surface area contributed by atoms with E-state index in [2.05, 4.69) is 27.4 Å². The van der Waals surface area contributed by atoms with Gasteiger partial charge in [0, 0.05) is 21.4 Å². The number of nitrogens with zero attached hydrogens (tertiary/aromatic N) is 4. The summed E-state index contributed by atoms with van der Waals surface area (Å²) in [6.45, 7) is 1.71. The van der Waals surface area contributed by atoms with E-state index in [0.29, 0.717) is 27.2 Å². The highest BCUT2D eigenvalue weighted by Crippen LogP contribution is 2.39. The van der Waals surface area contributed by atoms with Gasteiger partial charge in [-0.2, -0.15) is 10.5 Å². The van der Waals surface area contributed by atoms with Crippen molar-refractivity contribution in [1.82, 2.24) is 9.97 Å². The van der Waals surface area contributed by atoms with Crippen LogP contribution in [0.1, 0.15) is 18.1 Å². The van der Waals surface area contributed by atoms with Crippen LogP contribution >= 0.6 is 34.4 Å². The Hall–Kier alpha value is -3.90. The third kappa shape index (κ3) is 4.98. The molecular weight excluding hydrogens is 501 g/mol. The van der Waals surface area contributed by atoms with E-state index in [4.69, 9.17) is 10.5 Å². The van der Waals surface area contributed by atoms with Gasteiger partial charge < -0.3 is 15.8 Å². The first-order valence-corrected chi connectivity index (χ1v) is 12.8. The Kier molecular flexibility index (Phi) is 7.32. The molecule has 0 saturated heterocycles. The number of rotatable bonds is 7. The summed E-state index contributed by atoms with van der Waals surface area (Å²) in [6.07, 6.45) is 0. The third-order valence-electron chi connectivity index (χ3n) is 4.96. The molecule has 0 aliphatic heterocycles. The SMILES string of the molecule is COc1ccccc1-c1csc(NC(=O)C(C)Sc2nc(N)c(C#N)c(-c3cccs3)c2C#N)n1. The van der Waals surface area contributed by atoms with Crippen molar-refractivity contribution in [1.29, 1.82) is 10.5 Å². The molecule has 8 nitrogen and oxygen atoms in total. The molecular formula is C24H18N6O2S3. The van der Waals surface area contributed by atoms with Crippen LogP contribution < -0.4 is 15.8 Å². The number of thioether (sulfide) groups is 1. The van der Waals surface area contributed by atoms with E-state index in [9.17, 15) is 15.3 Å². The van der Waals surface area contributed by atoms with E-state index in [1.807, 2.05) is 47.2 Å². The molecule has 0 fully saturated rings. The number of thiophene rings is 1. The first-order valence-electron chi connectivity index (χ1n) is 10.2. The number of pyridine rings is 1. The van der Waals surface area contributed by atoms with E-state index in [1.54, 1.807) is 14.0 Å². The highest BCUT2D eigenvalue weighted by molar-refractivity contribution is 8.00. The van der Waals surface area contributed by atoms with Crippen molar-refractivity contribution in [2.45, 2.75) is 17.2 Å². The first-order chi connectivity index (χ1) is 17.0. The quantitative estimate of drug-likeness (QED) is 0.311.